The lowest BCUT2D eigenvalue weighted by atomic mass is 9.76. The topological polar surface area (TPSA) is 128 Å². The van der Waals surface area contributed by atoms with E-state index >= 15 is 0 Å². The molecule has 1 aliphatic heterocycles. The Morgan fingerprint density at radius 3 is 2.50 bits per heavy atom. The molecule has 2 atom stereocenters. The van der Waals surface area contributed by atoms with Crippen LogP contribution >= 0.6 is 0 Å². The SMILES string of the molecule is C1CCC2NNNC2C1.CC1(C)CC(=O)C(C(=N)n2nnc3ccccc32)=C(O)C1. The minimum Gasteiger partial charge on any atom is -0.511 e. The van der Waals surface area contributed by atoms with Crippen molar-refractivity contribution >= 4 is 22.7 Å². The molecule has 160 valence electrons. The van der Waals surface area contributed by atoms with Gasteiger partial charge in [0.05, 0.1) is 11.1 Å². The van der Waals surface area contributed by atoms with Gasteiger partial charge in [-0.05, 0) is 30.4 Å². The van der Waals surface area contributed by atoms with E-state index in [0.29, 0.717) is 36.0 Å². The zero-order chi connectivity index (χ0) is 21.3. The maximum absolute atomic E-state index is 12.3. The van der Waals surface area contributed by atoms with Crippen molar-refractivity contribution in [1.82, 2.24) is 31.4 Å². The van der Waals surface area contributed by atoms with Gasteiger partial charge < -0.3 is 5.11 Å². The van der Waals surface area contributed by atoms with Crippen molar-refractivity contribution in [1.29, 1.82) is 5.41 Å². The molecule has 1 saturated heterocycles. The number of Topliss-reactive ketones (excluding diaryl/α,β-unsaturated/α-hetero) is 1. The van der Waals surface area contributed by atoms with Gasteiger partial charge >= 0.3 is 0 Å². The van der Waals surface area contributed by atoms with Crippen LogP contribution in [0.15, 0.2) is 35.6 Å². The van der Waals surface area contributed by atoms with Crippen molar-refractivity contribution in [2.75, 3.05) is 0 Å². The zero-order valence-electron chi connectivity index (χ0n) is 17.4. The van der Waals surface area contributed by atoms with Crippen LogP contribution in [0.2, 0.25) is 0 Å². The number of aliphatic hydroxyl groups excluding tert-OH is 1. The molecule has 2 unspecified atom stereocenters. The van der Waals surface area contributed by atoms with Crippen LogP contribution in [-0.2, 0) is 4.79 Å². The van der Waals surface area contributed by atoms with Crippen LogP contribution in [0.5, 0.6) is 0 Å². The molecule has 1 aromatic heterocycles. The van der Waals surface area contributed by atoms with E-state index in [9.17, 15) is 9.90 Å². The number of nitrogens with zero attached hydrogens (tertiary/aromatic N) is 3. The van der Waals surface area contributed by atoms with Crippen LogP contribution in [0.4, 0.5) is 0 Å². The second kappa shape index (κ2) is 8.25. The highest BCUT2D eigenvalue weighted by molar-refractivity contribution is 6.22. The summed E-state index contributed by atoms with van der Waals surface area (Å²) in [5, 5.41) is 26.3. The van der Waals surface area contributed by atoms with Crippen LogP contribution in [0.3, 0.4) is 0 Å². The molecule has 0 radical (unpaired) electrons. The zero-order valence-corrected chi connectivity index (χ0v) is 17.4. The van der Waals surface area contributed by atoms with Gasteiger partial charge in [-0.15, -0.1) is 5.10 Å². The highest BCUT2D eigenvalue weighted by atomic mass is 16.3. The molecule has 1 aromatic carbocycles. The number of rotatable bonds is 1. The summed E-state index contributed by atoms with van der Waals surface area (Å²) in [4.78, 5) is 12.3. The predicted octanol–water partition coefficient (Wildman–Crippen LogP) is 2.37. The van der Waals surface area contributed by atoms with E-state index in [4.69, 9.17) is 5.41 Å². The molecule has 0 spiro atoms. The van der Waals surface area contributed by atoms with Crippen molar-refractivity contribution in [2.45, 2.75) is 64.5 Å². The number of benzene rings is 1. The molecule has 5 rings (SSSR count). The first-order valence-corrected chi connectivity index (χ1v) is 10.5. The van der Waals surface area contributed by atoms with Crippen molar-refractivity contribution in [3.05, 3.63) is 35.6 Å². The molecular formula is C21H29N7O2. The number of ketones is 1. The monoisotopic (exact) mass is 411 g/mol. The molecule has 9 heteroatoms. The minimum absolute atomic E-state index is 0.0409. The van der Waals surface area contributed by atoms with Crippen molar-refractivity contribution in [3.63, 3.8) is 0 Å². The lowest BCUT2D eigenvalue weighted by Gasteiger charge is -2.29. The van der Waals surface area contributed by atoms with E-state index in [1.54, 1.807) is 12.1 Å². The molecule has 5 N–H and O–H groups in total. The fourth-order valence-corrected chi connectivity index (χ4v) is 4.40. The summed E-state index contributed by atoms with van der Waals surface area (Å²) in [5.74, 6) is -0.393. The van der Waals surface area contributed by atoms with Gasteiger partial charge in [-0.2, -0.15) is 10.2 Å². The van der Waals surface area contributed by atoms with Gasteiger partial charge in [0.2, 0.25) is 0 Å². The number of carbonyl (C=O) groups excluding carboxylic acids is 1. The summed E-state index contributed by atoms with van der Waals surface area (Å²) in [6, 6.07) is 8.59. The fraction of sp³-hybridized carbons (Fsp3) is 0.524. The Morgan fingerprint density at radius 2 is 1.83 bits per heavy atom. The summed E-state index contributed by atoms with van der Waals surface area (Å²) in [7, 11) is 0. The first kappa shape index (κ1) is 20.6. The highest BCUT2D eigenvalue weighted by Gasteiger charge is 2.35. The molecule has 1 saturated carbocycles. The van der Waals surface area contributed by atoms with E-state index in [-0.39, 0.29) is 28.4 Å². The first-order chi connectivity index (χ1) is 14.4. The maximum atomic E-state index is 12.3. The van der Waals surface area contributed by atoms with Crippen molar-refractivity contribution in [2.24, 2.45) is 5.41 Å². The van der Waals surface area contributed by atoms with E-state index in [2.05, 4.69) is 26.7 Å². The molecule has 2 aliphatic carbocycles. The average molecular weight is 412 g/mol. The summed E-state index contributed by atoms with van der Waals surface area (Å²) in [6.07, 6.45) is 6.11. The van der Waals surface area contributed by atoms with Crippen LogP contribution in [0, 0.1) is 10.8 Å². The van der Waals surface area contributed by atoms with Crippen LogP contribution in [0.1, 0.15) is 52.4 Å². The number of fused-ring (bicyclic) bond motifs is 2. The number of para-hydroxylation sites is 1. The van der Waals surface area contributed by atoms with Gasteiger partial charge in [-0.25, -0.2) is 10.9 Å². The number of hydrogen-bond acceptors (Lipinski definition) is 8. The standard InChI is InChI=1S/C15H16N4O2.C6H13N3/c1-15(2)7-11(20)13(12(21)8-15)14(16)19-10-6-4-3-5-9(10)17-18-19;1-2-4-6-5(3-1)7-9-8-6/h3-6,16,20H,7-8H2,1-2H3;5-9H,1-4H2. The third kappa shape index (κ3) is 4.14. The molecule has 3 aliphatic rings. The Labute approximate surface area is 175 Å². The van der Waals surface area contributed by atoms with E-state index in [1.165, 1.54) is 30.4 Å². The Morgan fingerprint density at radius 1 is 1.17 bits per heavy atom. The van der Waals surface area contributed by atoms with E-state index in [0.717, 1.165) is 0 Å². The number of hydrazine groups is 2. The molecular weight excluding hydrogens is 382 g/mol. The lowest BCUT2D eigenvalue weighted by Crippen LogP contribution is -2.36. The summed E-state index contributed by atoms with van der Waals surface area (Å²) in [6.45, 7) is 3.85. The van der Waals surface area contributed by atoms with E-state index in [1.807, 2.05) is 26.0 Å². The molecule has 2 aromatic rings. The highest BCUT2D eigenvalue weighted by Crippen LogP contribution is 2.36. The van der Waals surface area contributed by atoms with Gasteiger partial charge in [0.15, 0.2) is 11.6 Å². The Hall–Kier alpha value is -2.62. The van der Waals surface area contributed by atoms with Gasteiger partial charge in [0.25, 0.3) is 0 Å². The molecule has 9 nitrogen and oxygen atoms in total. The van der Waals surface area contributed by atoms with Gasteiger partial charge in [-0.1, -0.05) is 44.0 Å². The quantitative estimate of drug-likeness (QED) is 0.360. The first-order valence-electron chi connectivity index (χ1n) is 10.5. The number of hydrogen-bond donors (Lipinski definition) is 5. The Bertz CT molecular complexity index is 982. The minimum atomic E-state index is -0.282. The summed E-state index contributed by atoms with van der Waals surface area (Å²) < 4.78 is 1.29. The van der Waals surface area contributed by atoms with Gasteiger partial charge in [-0.3, -0.25) is 10.2 Å². The molecule has 2 fully saturated rings. The molecule has 0 bridgehead atoms. The largest absolute Gasteiger partial charge is 0.511 e. The number of carbonyl (C=O) groups is 1. The van der Waals surface area contributed by atoms with Crippen LogP contribution in [-0.4, -0.2) is 43.8 Å². The lowest BCUT2D eigenvalue weighted by molar-refractivity contribution is -0.118. The third-order valence-corrected chi connectivity index (χ3v) is 5.93. The Balaban J connectivity index is 0.000000200. The fourth-order valence-electron chi connectivity index (χ4n) is 4.40. The molecule has 2 heterocycles. The Kier molecular flexibility index (Phi) is 5.68. The maximum Gasteiger partial charge on any atom is 0.170 e. The average Bonchev–Trinajstić information content (AvgIpc) is 3.34. The smallest absolute Gasteiger partial charge is 0.170 e. The summed E-state index contributed by atoms with van der Waals surface area (Å²) in [5.41, 5.74) is 10.4. The van der Waals surface area contributed by atoms with Crippen LogP contribution in [0.25, 0.3) is 11.0 Å². The molecule has 30 heavy (non-hydrogen) atoms. The second-order valence-electron chi connectivity index (χ2n) is 9.01. The normalized spacial score (nSPS) is 25.6. The third-order valence-electron chi connectivity index (χ3n) is 5.93. The van der Waals surface area contributed by atoms with Gasteiger partial charge in [0.1, 0.15) is 11.3 Å². The van der Waals surface area contributed by atoms with Crippen molar-refractivity contribution < 1.29 is 9.90 Å². The predicted molar refractivity (Wildman–Crippen MR) is 114 cm³/mol. The number of aliphatic hydroxyl groups is 1. The summed E-state index contributed by atoms with van der Waals surface area (Å²) >= 11 is 0. The molecule has 0 amide bonds. The van der Waals surface area contributed by atoms with Crippen LogP contribution < -0.4 is 16.4 Å². The number of aromatic nitrogens is 3. The number of nitrogens with one attached hydrogen (secondary N) is 4. The van der Waals surface area contributed by atoms with E-state index < -0.39 is 0 Å². The van der Waals surface area contributed by atoms with Crippen molar-refractivity contribution in [3.8, 4) is 0 Å². The van der Waals surface area contributed by atoms with Gasteiger partial charge in [0, 0.05) is 24.9 Å². The number of allylic oxidation sites excluding steroid dienone is 2. The second-order valence-corrected chi connectivity index (χ2v) is 9.01.